The van der Waals surface area contributed by atoms with Gasteiger partial charge in [-0.15, -0.1) is 34.0 Å². The summed E-state index contributed by atoms with van der Waals surface area (Å²) >= 11 is 12.7. The molecule has 1 N–H and O–H groups in total. The van der Waals surface area contributed by atoms with E-state index in [1.54, 1.807) is 40.1 Å². The Hall–Kier alpha value is -2.10. The van der Waals surface area contributed by atoms with Gasteiger partial charge in [-0.25, -0.2) is 9.97 Å². The topological polar surface area (TPSA) is 58.6 Å². The van der Waals surface area contributed by atoms with Crippen molar-refractivity contribution in [1.29, 1.82) is 0 Å². The Kier molecular flexibility index (Phi) is 4.73. The molecule has 5 heterocycles. The third kappa shape index (κ3) is 3.27. The van der Waals surface area contributed by atoms with Crippen molar-refractivity contribution in [2.75, 3.05) is 0 Å². The van der Waals surface area contributed by atoms with Gasteiger partial charge in [0.25, 0.3) is 5.56 Å². The molecule has 0 aliphatic carbocycles. The molecule has 0 aliphatic rings. The fourth-order valence-electron chi connectivity index (χ4n) is 2.74. The number of rotatable bonds is 4. The van der Waals surface area contributed by atoms with Gasteiger partial charge >= 0.3 is 0 Å². The molecule has 0 unspecified atom stereocenters. The van der Waals surface area contributed by atoms with E-state index in [1.165, 1.54) is 11.3 Å². The molecule has 0 spiro atoms. The number of nitrogens with zero attached hydrogens (tertiary/aromatic N) is 2. The predicted octanol–water partition coefficient (Wildman–Crippen LogP) is 6.64. The molecular formula is C19H10ClN3OS4. The van der Waals surface area contributed by atoms with E-state index in [0.29, 0.717) is 21.1 Å². The molecule has 9 heteroatoms. The third-order valence-corrected chi connectivity index (χ3v) is 7.68. The van der Waals surface area contributed by atoms with E-state index in [9.17, 15) is 4.79 Å². The summed E-state index contributed by atoms with van der Waals surface area (Å²) in [4.78, 5) is 26.4. The van der Waals surface area contributed by atoms with E-state index >= 15 is 0 Å². The molecule has 28 heavy (non-hydrogen) atoms. The van der Waals surface area contributed by atoms with Crippen LogP contribution in [0.2, 0.25) is 0 Å². The normalized spacial score (nSPS) is 12.1. The summed E-state index contributed by atoms with van der Waals surface area (Å²) < 4.78 is 0. The van der Waals surface area contributed by atoms with Gasteiger partial charge in [-0.3, -0.25) is 4.79 Å². The first-order valence-electron chi connectivity index (χ1n) is 8.10. The lowest BCUT2D eigenvalue weighted by atomic mass is 10.2. The molecule has 5 aromatic rings. The van der Waals surface area contributed by atoms with Gasteiger partial charge in [-0.2, -0.15) is 11.3 Å². The summed E-state index contributed by atoms with van der Waals surface area (Å²) in [5.41, 5.74) is 2.56. The van der Waals surface area contributed by atoms with Gasteiger partial charge in [-0.05, 0) is 29.0 Å². The van der Waals surface area contributed by atoms with Crippen molar-refractivity contribution in [3.05, 3.63) is 67.0 Å². The second kappa shape index (κ2) is 7.38. The van der Waals surface area contributed by atoms with Crippen LogP contribution in [-0.2, 0) is 0 Å². The fourth-order valence-corrected chi connectivity index (χ4v) is 6.20. The maximum absolute atomic E-state index is 12.7. The summed E-state index contributed by atoms with van der Waals surface area (Å²) in [5, 5.41) is 11.9. The van der Waals surface area contributed by atoms with Crippen molar-refractivity contribution in [2.45, 2.75) is 0 Å². The SMILES string of the molecule is O=c1[nH]c(C(Cl)=Cc2csc(-c3ccsc3)n2)nc2scc(-c3cccs3)c12. The Labute approximate surface area is 180 Å². The van der Waals surface area contributed by atoms with Crippen LogP contribution in [0.1, 0.15) is 11.5 Å². The molecule has 0 aromatic carbocycles. The first-order valence-corrected chi connectivity index (χ1v) is 12.1. The highest BCUT2D eigenvalue weighted by atomic mass is 35.5. The molecular weight excluding hydrogens is 450 g/mol. The van der Waals surface area contributed by atoms with Crippen LogP contribution in [0.3, 0.4) is 0 Å². The second-order valence-corrected chi connectivity index (χ2v) is 9.65. The molecule has 0 atom stereocenters. The fraction of sp³-hybridized carbons (Fsp3) is 0. The Morgan fingerprint density at radius 1 is 1.07 bits per heavy atom. The van der Waals surface area contributed by atoms with Crippen LogP contribution in [0.4, 0.5) is 0 Å². The number of aromatic nitrogens is 3. The van der Waals surface area contributed by atoms with Gasteiger partial charge in [0, 0.05) is 32.1 Å². The van der Waals surface area contributed by atoms with Crippen molar-refractivity contribution in [3.63, 3.8) is 0 Å². The van der Waals surface area contributed by atoms with E-state index < -0.39 is 0 Å². The minimum absolute atomic E-state index is 0.187. The van der Waals surface area contributed by atoms with Crippen LogP contribution < -0.4 is 5.56 Å². The van der Waals surface area contributed by atoms with Crippen LogP contribution in [0.15, 0.2) is 49.9 Å². The zero-order chi connectivity index (χ0) is 19.1. The van der Waals surface area contributed by atoms with Crippen LogP contribution in [-0.4, -0.2) is 15.0 Å². The Morgan fingerprint density at radius 3 is 2.79 bits per heavy atom. The lowest BCUT2D eigenvalue weighted by Crippen LogP contribution is -2.10. The standard InChI is InChI=1S/C19H10ClN3OS4/c20-13(6-11-8-27-18(21-11)10-3-5-25-7-10)16-22-17(24)15-12(9-28-19(15)23-16)14-2-1-4-26-14/h1-9H,(H,22,23,24). The first kappa shape index (κ1) is 18.0. The van der Waals surface area contributed by atoms with Gasteiger partial charge in [0.2, 0.25) is 0 Å². The number of hydrogen-bond acceptors (Lipinski definition) is 7. The van der Waals surface area contributed by atoms with Crippen LogP contribution in [0.5, 0.6) is 0 Å². The number of H-pyrrole nitrogens is 1. The highest BCUT2D eigenvalue weighted by Crippen LogP contribution is 2.34. The molecule has 4 nitrogen and oxygen atoms in total. The van der Waals surface area contributed by atoms with Crippen LogP contribution in [0, 0.1) is 0 Å². The highest BCUT2D eigenvalue weighted by Gasteiger charge is 2.15. The van der Waals surface area contributed by atoms with Gasteiger partial charge in [0.05, 0.1) is 16.1 Å². The molecule has 0 aliphatic heterocycles. The second-order valence-electron chi connectivity index (χ2n) is 5.80. The molecule has 0 bridgehead atoms. The largest absolute Gasteiger partial charge is 0.305 e. The van der Waals surface area contributed by atoms with Gasteiger partial charge in [-0.1, -0.05) is 17.7 Å². The van der Waals surface area contributed by atoms with Crippen molar-refractivity contribution in [2.24, 2.45) is 0 Å². The maximum Gasteiger partial charge on any atom is 0.260 e. The summed E-state index contributed by atoms with van der Waals surface area (Å²) in [6.07, 6.45) is 1.73. The monoisotopic (exact) mass is 459 g/mol. The van der Waals surface area contributed by atoms with Crippen molar-refractivity contribution in [1.82, 2.24) is 15.0 Å². The number of fused-ring (bicyclic) bond motifs is 1. The van der Waals surface area contributed by atoms with Crippen LogP contribution in [0.25, 0.3) is 42.3 Å². The molecule has 5 aromatic heterocycles. The number of halogens is 1. The van der Waals surface area contributed by atoms with E-state index in [4.69, 9.17) is 11.6 Å². The zero-order valence-electron chi connectivity index (χ0n) is 14.0. The molecule has 5 rings (SSSR count). The first-order chi connectivity index (χ1) is 13.7. The molecule has 0 saturated heterocycles. The van der Waals surface area contributed by atoms with Crippen molar-refractivity contribution in [3.8, 4) is 21.0 Å². The van der Waals surface area contributed by atoms with Gasteiger partial charge in [0.15, 0.2) is 5.82 Å². The molecule has 0 saturated carbocycles. The lowest BCUT2D eigenvalue weighted by molar-refractivity contribution is 1.14. The number of nitrogens with one attached hydrogen (secondary N) is 1. The Bertz CT molecular complexity index is 1340. The van der Waals surface area contributed by atoms with E-state index in [2.05, 4.69) is 20.3 Å². The average Bonchev–Trinajstić information content (AvgIpc) is 3.46. The van der Waals surface area contributed by atoms with Crippen molar-refractivity contribution < 1.29 is 0 Å². The van der Waals surface area contributed by atoms with Crippen LogP contribution >= 0.6 is 56.9 Å². The van der Waals surface area contributed by atoms with Gasteiger partial charge in [0.1, 0.15) is 9.84 Å². The highest BCUT2D eigenvalue weighted by molar-refractivity contribution is 7.18. The summed E-state index contributed by atoms with van der Waals surface area (Å²) in [5.74, 6) is 0.351. The minimum atomic E-state index is -0.187. The van der Waals surface area contributed by atoms with E-state index in [1.807, 2.05) is 39.7 Å². The summed E-state index contributed by atoms with van der Waals surface area (Å²) in [6, 6.07) is 6.00. The van der Waals surface area contributed by atoms with Gasteiger partial charge < -0.3 is 4.98 Å². The number of aromatic amines is 1. The Balaban J connectivity index is 1.52. The lowest BCUT2D eigenvalue weighted by Gasteiger charge is -2.00. The predicted molar refractivity (Wildman–Crippen MR) is 123 cm³/mol. The number of thiophene rings is 3. The molecule has 0 radical (unpaired) electrons. The minimum Gasteiger partial charge on any atom is -0.305 e. The molecule has 0 amide bonds. The zero-order valence-corrected chi connectivity index (χ0v) is 18.0. The third-order valence-electron chi connectivity index (χ3n) is 4.02. The quantitative estimate of drug-likeness (QED) is 0.328. The van der Waals surface area contributed by atoms with Crippen molar-refractivity contribution >= 4 is 78.3 Å². The molecule has 138 valence electrons. The smallest absolute Gasteiger partial charge is 0.260 e. The maximum atomic E-state index is 12.7. The average molecular weight is 460 g/mol. The summed E-state index contributed by atoms with van der Waals surface area (Å²) in [7, 11) is 0. The van der Waals surface area contributed by atoms with E-state index in [-0.39, 0.29) is 5.56 Å². The summed E-state index contributed by atoms with van der Waals surface area (Å²) in [6.45, 7) is 0. The number of hydrogen-bond donors (Lipinski definition) is 1. The Morgan fingerprint density at radius 2 is 2.00 bits per heavy atom. The number of thiazole rings is 1. The van der Waals surface area contributed by atoms with E-state index in [0.717, 1.165) is 26.7 Å². The molecule has 0 fully saturated rings.